The van der Waals surface area contributed by atoms with Gasteiger partial charge in [0.05, 0.1) is 18.5 Å². The third kappa shape index (κ3) is 2.88. The molecule has 2 rings (SSSR count). The van der Waals surface area contributed by atoms with Crippen LogP contribution in [0, 0.1) is 5.82 Å². The number of anilines is 1. The van der Waals surface area contributed by atoms with Crippen LogP contribution in [0.3, 0.4) is 0 Å². The molecule has 1 heterocycles. The van der Waals surface area contributed by atoms with Gasteiger partial charge in [0.25, 0.3) is 0 Å². The maximum absolute atomic E-state index is 13.0. The molecule has 0 aliphatic carbocycles. The Balaban J connectivity index is 2.08. The number of ether oxygens (including phenoxy) is 2. The van der Waals surface area contributed by atoms with Gasteiger partial charge in [-0.2, -0.15) is 0 Å². The molecular formula is C13H13FN2O2. The Labute approximate surface area is 104 Å². The molecule has 0 spiro atoms. The molecule has 0 amide bonds. The fraction of sp³-hybridized carbons (Fsp3) is 0.154. The first-order valence-corrected chi connectivity index (χ1v) is 5.37. The summed E-state index contributed by atoms with van der Waals surface area (Å²) in [5.41, 5.74) is 6.74. The van der Waals surface area contributed by atoms with E-state index in [4.69, 9.17) is 15.2 Å². The van der Waals surface area contributed by atoms with Crippen molar-refractivity contribution in [2.24, 2.45) is 0 Å². The second kappa shape index (κ2) is 5.35. The highest BCUT2D eigenvalue weighted by atomic mass is 19.1. The number of hydrogen-bond donors (Lipinski definition) is 1. The van der Waals surface area contributed by atoms with Crippen LogP contribution < -0.4 is 15.2 Å². The van der Waals surface area contributed by atoms with Crippen molar-refractivity contribution in [1.82, 2.24) is 4.98 Å². The lowest BCUT2D eigenvalue weighted by atomic mass is 10.3. The summed E-state index contributed by atoms with van der Waals surface area (Å²) in [6.45, 7) is 0.199. The first kappa shape index (κ1) is 12.2. The zero-order chi connectivity index (χ0) is 13.0. The molecular weight excluding hydrogens is 235 g/mol. The van der Waals surface area contributed by atoms with Crippen LogP contribution in [0.1, 0.15) is 5.69 Å². The minimum Gasteiger partial charge on any atom is -0.485 e. The van der Waals surface area contributed by atoms with E-state index in [0.29, 0.717) is 23.0 Å². The van der Waals surface area contributed by atoms with E-state index in [1.54, 1.807) is 18.2 Å². The topological polar surface area (TPSA) is 57.4 Å². The molecule has 0 aliphatic heterocycles. The maximum Gasteiger partial charge on any atom is 0.213 e. The van der Waals surface area contributed by atoms with Gasteiger partial charge in [-0.05, 0) is 18.2 Å². The van der Waals surface area contributed by atoms with E-state index in [1.165, 1.54) is 25.3 Å². The SMILES string of the molecule is COc1cccc(COc2cc(F)ccc2N)n1. The van der Waals surface area contributed by atoms with Gasteiger partial charge in [0.2, 0.25) is 5.88 Å². The summed E-state index contributed by atoms with van der Waals surface area (Å²) in [4.78, 5) is 4.18. The minimum atomic E-state index is -0.391. The third-order valence-corrected chi connectivity index (χ3v) is 2.34. The molecule has 2 N–H and O–H groups in total. The first-order chi connectivity index (χ1) is 8.69. The lowest BCUT2D eigenvalue weighted by molar-refractivity contribution is 0.298. The quantitative estimate of drug-likeness (QED) is 0.844. The fourth-order valence-electron chi connectivity index (χ4n) is 1.44. The standard InChI is InChI=1S/C13H13FN2O2/c1-17-13-4-2-3-10(16-13)8-18-12-7-9(14)5-6-11(12)15/h2-7H,8,15H2,1H3. The van der Waals surface area contributed by atoms with Gasteiger partial charge >= 0.3 is 0 Å². The monoisotopic (exact) mass is 248 g/mol. The van der Waals surface area contributed by atoms with E-state index in [-0.39, 0.29) is 6.61 Å². The van der Waals surface area contributed by atoms with Gasteiger partial charge in [0, 0.05) is 12.1 Å². The molecule has 0 saturated heterocycles. The Kier molecular flexibility index (Phi) is 3.62. The largest absolute Gasteiger partial charge is 0.485 e. The second-order valence-corrected chi connectivity index (χ2v) is 3.64. The van der Waals surface area contributed by atoms with Crippen molar-refractivity contribution < 1.29 is 13.9 Å². The number of methoxy groups -OCH3 is 1. The summed E-state index contributed by atoms with van der Waals surface area (Å²) in [6, 6.07) is 9.32. The molecule has 2 aromatic rings. The van der Waals surface area contributed by atoms with E-state index >= 15 is 0 Å². The predicted octanol–water partition coefficient (Wildman–Crippen LogP) is 2.39. The van der Waals surface area contributed by atoms with Crippen LogP contribution in [0.15, 0.2) is 36.4 Å². The Morgan fingerprint density at radius 2 is 2.11 bits per heavy atom. The van der Waals surface area contributed by atoms with Crippen LogP contribution in [-0.4, -0.2) is 12.1 Å². The molecule has 4 nitrogen and oxygen atoms in total. The highest BCUT2D eigenvalue weighted by Gasteiger charge is 2.04. The van der Waals surface area contributed by atoms with Crippen molar-refractivity contribution in [3.8, 4) is 11.6 Å². The van der Waals surface area contributed by atoms with Gasteiger partial charge in [-0.1, -0.05) is 6.07 Å². The maximum atomic E-state index is 13.0. The van der Waals surface area contributed by atoms with Crippen molar-refractivity contribution in [2.45, 2.75) is 6.61 Å². The van der Waals surface area contributed by atoms with Gasteiger partial charge in [0.1, 0.15) is 18.2 Å². The molecule has 0 unspecified atom stereocenters. The summed E-state index contributed by atoms with van der Waals surface area (Å²) >= 11 is 0. The summed E-state index contributed by atoms with van der Waals surface area (Å²) < 4.78 is 23.4. The van der Waals surface area contributed by atoms with Crippen molar-refractivity contribution >= 4 is 5.69 Å². The highest BCUT2D eigenvalue weighted by Crippen LogP contribution is 2.23. The lowest BCUT2D eigenvalue weighted by Gasteiger charge is -2.09. The van der Waals surface area contributed by atoms with Crippen LogP contribution in [-0.2, 0) is 6.61 Å². The highest BCUT2D eigenvalue weighted by molar-refractivity contribution is 5.52. The van der Waals surface area contributed by atoms with Crippen LogP contribution in [0.5, 0.6) is 11.6 Å². The smallest absolute Gasteiger partial charge is 0.213 e. The van der Waals surface area contributed by atoms with Crippen LogP contribution in [0.2, 0.25) is 0 Å². The Hall–Kier alpha value is -2.30. The van der Waals surface area contributed by atoms with E-state index < -0.39 is 5.82 Å². The fourth-order valence-corrected chi connectivity index (χ4v) is 1.44. The zero-order valence-corrected chi connectivity index (χ0v) is 9.89. The summed E-state index contributed by atoms with van der Waals surface area (Å²) in [7, 11) is 1.54. The minimum absolute atomic E-state index is 0.199. The van der Waals surface area contributed by atoms with Crippen molar-refractivity contribution in [2.75, 3.05) is 12.8 Å². The molecule has 0 saturated carbocycles. The van der Waals surface area contributed by atoms with E-state index in [0.717, 1.165) is 0 Å². The molecule has 18 heavy (non-hydrogen) atoms. The average molecular weight is 248 g/mol. The number of benzene rings is 1. The van der Waals surface area contributed by atoms with Crippen LogP contribution in [0.4, 0.5) is 10.1 Å². The molecule has 5 heteroatoms. The Bertz CT molecular complexity index is 546. The number of rotatable bonds is 4. The van der Waals surface area contributed by atoms with E-state index in [9.17, 15) is 4.39 Å². The lowest BCUT2D eigenvalue weighted by Crippen LogP contribution is -2.01. The molecule has 0 aliphatic rings. The molecule has 0 radical (unpaired) electrons. The zero-order valence-electron chi connectivity index (χ0n) is 9.89. The van der Waals surface area contributed by atoms with Gasteiger partial charge in [-0.25, -0.2) is 9.37 Å². The summed E-state index contributed by atoms with van der Waals surface area (Å²) in [5.74, 6) is 0.417. The first-order valence-electron chi connectivity index (χ1n) is 5.37. The number of aromatic nitrogens is 1. The molecule has 1 aromatic heterocycles. The third-order valence-electron chi connectivity index (χ3n) is 2.34. The van der Waals surface area contributed by atoms with Crippen molar-refractivity contribution in [3.63, 3.8) is 0 Å². The van der Waals surface area contributed by atoms with Crippen molar-refractivity contribution in [1.29, 1.82) is 0 Å². The van der Waals surface area contributed by atoms with E-state index in [2.05, 4.69) is 4.98 Å². The number of halogens is 1. The summed E-state index contributed by atoms with van der Waals surface area (Å²) in [6.07, 6.45) is 0. The van der Waals surface area contributed by atoms with Gasteiger partial charge < -0.3 is 15.2 Å². The van der Waals surface area contributed by atoms with Gasteiger partial charge in [0.15, 0.2) is 0 Å². The molecule has 1 aromatic carbocycles. The van der Waals surface area contributed by atoms with Crippen LogP contribution >= 0.6 is 0 Å². The molecule has 0 bridgehead atoms. The number of hydrogen-bond acceptors (Lipinski definition) is 4. The number of pyridine rings is 1. The van der Waals surface area contributed by atoms with Crippen molar-refractivity contribution in [3.05, 3.63) is 47.9 Å². The normalized spacial score (nSPS) is 10.1. The molecule has 94 valence electrons. The van der Waals surface area contributed by atoms with E-state index in [1.807, 2.05) is 0 Å². The number of nitrogens with two attached hydrogens (primary N) is 1. The Morgan fingerprint density at radius 3 is 2.89 bits per heavy atom. The second-order valence-electron chi connectivity index (χ2n) is 3.64. The Morgan fingerprint density at radius 1 is 1.28 bits per heavy atom. The number of nitrogen functional groups attached to an aromatic ring is 1. The number of nitrogens with zero attached hydrogens (tertiary/aromatic N) is 1. The predicted molar refractivity (Wildman–Crippen MR) is 65.9 cm³/mol. The van der Waals surface area contributed by atoms with Gasteiger partial charge in [-0.3, -0.25) is 0 Å². The summed E-state index contributed by atoms with van der Waals surface area (Å²) in [5, 5.41) is 0. The molecule has 0 atom stereocenters. The average Bonchev–Trinajstić information content (AvgIpc) is 2.40. The van der Waals surface area contributed by atoms with Crippen LogP contribution in [0.25, 0.3) is 0 Å². The molecule has 0 fully saturated rings. The van der Waals surface area contributed by atoms with Gasteiger partial charge in [-0.15, -0.1) is 0 Å².